The molecule has 0 bridgehead atoms. The highest BCUT2D eigenvalue weighted by Crippen LogP contribution is 2.05. The second kappa shape index (κ2) is 7.07. The van der Waals surface area contributed by atoms with E-state index in [0.717, 1.165) is 6.92 Å². The van der Waals surface area contributed by atoms with Crippen molar-refractivity contribution < 1.29 is 28.7 Å². The Morgan fingerprint density at radius 2 is 2.19 bits per heavy atom. The molecule has 0 fully saturated rings. The lowest BCUT2D eigenvalue weighted by Gasteiger charge is -2.13. The van der Waals surface area contributed by atoms with Crippen molar-refractivity contribution in [1.82, 2.24) is 5.32 Å². The van der Waals surface area contributed by atoms with E-state index in [2.05, 4.69) is 5.73 Å². The number of amides is 2. The average molecular weight is 253 g/mol. The molecule has 0 radical (unpaired) electrons. The number of rotatable bonds is 7. The predicted molar refractivity (Wildman–Crippen MR) is 57.8 cm³/mol. The van der Waals surface area contributed by atoms with Crippen molar-refractivity contribution in [3.05, 3.63) is 0 Å². The summed E-state index contributed by atoms with van der Waals surface area (Å²) in [6.45, 7) is 1.08. The van der Waals surface area contributed by atoms with Crippen LogP contribution in [0.5, 0.6) is 0 Å². The SMILES string of the molecule is [2H]C([2H])(SC[C@H](NC(C)=O)C(=O)O)C([2H])(O)C(N)=O. The molecular formula is C8H14N2O5S. The number of primary amides is 1. The summed E-state index contributed by atoms with van der Waals surface area (Å²) in [6.07, 6.45) is -3.21. The Labute approximate surface area is 101 Å². The summed E-state index contributed by atoms with van der Waals surface area (Å²) in [4.78, 5) is 32.3. The molecule has 0 aromatic rings. The summed E-state index contributed by atoms with van der Waals surface area (Å²) in [5, 5.41) is 20.1. The first kappa shape index (κ1) is 9.91. The molecule has 0 aliphatic heterocycles. The molecule has 0 spiro atoms. The van der Waals surface area contributed by atoms with E-state index < -0.39 is 41.4 Å². The van der Waals surface area contributed by atoms with Crippen molar-refractivity contribution in [1.29, 1.82) is 0 Å². The molecule has 2 atom stereocenters. The van der Waals surface area contributed by atoms with Crippen LogP contribution in [0.4, 0.5) is 0 Å². The number of carboxylic acid groups (broad SMARTS) is 1. The molecule has 0 aromatic heterocycles. The first-order valence-corrected chi connectivity index (χ1v) is 5.06. The van der Waals surface area contributed by atoms with Gasteiger partial charge in [0.05, 0.1) is 1.37 Å². The zero-order valence-corrected chi connectivity index (χ0v) is 9.21. The number of carboxylic acids is 1. The van der Waals surface area contributed by atoms with Crippen LogP contribution < -0.4 is 11.1 Å². The predicted octanol–water partition coefficient (Wildman–Crippen LogP) is -1.84. The van der Waals surface area contributed by atoms with Crippen LogP contribution in [0.1, 0.15) is 11.0 Å². The maximum atomic E-state index is 10.8. The number of aliphatic carboxylic acids is 1. The van der Waals surface area contributed by atoms with Crippen LogP contribution in [0, 0.1) is 0 Å². The fourth-order valence-electron chi connectivity index (χ4n) is 0.664. The zero-order chi connectivity index (χ0) is 15.4. The maximum absolute atomic E-state index is 10.8. The number of hydrogen-bond acceptors (Lipinski definition) is 5. The number of hydrogen-bond donors (Lipinski definition) is 4. The Balaban J connectivity index is 4.80. The molecule has 0 aliphatic rings. The molecule has 0 saturated carbocycles. The minimum Gasteiger partial charge on any atom is -0.480 e. The van der Waals surface area contributed by atoms with Crippen LogP contribution in [0.2, 0.25) is 0 Å². The van der Waals surface area contributed by atoms with Gasteiger partial charge in [0.25, 0.3) is 0 Å². The van der Waals surface area contributed by atoms with E-state index in [4.69, 9.17) is 9.22 Å². The van der Waals surface area contributed by atoms with Gasteiger partial charge in [0.15, 0.2) is 0 Å². The maximum Gasteiger partial charge on any atom is 0.327 e. The molecule has 92 valence electrons. The number of thioether (sulfide) groups is 1. The third-order valence-electron chi connectivity index (χ3n) is 1.33. The monoisotopic (exact) mass is 253 g/mol. The van der Waals surface area contributed by atoms with Crippen LogP contribution in [0.3, 0.4) is 0 Å². The summed E-state index contributed by atoms with van der Waals surface area (Å²) in [5.41, 5.74) is 1.86. The summed E-state index contributed by atoms with van der Waals surface area (Å²) in [5.74, 6) is -4.14. The highest BCUT2D eigenvalue weighted by Gasteiger charge is 2.19. The van der Waals surface area contributed by atoms with Crippen LogP contribution >= 0.6 is 11.8 Å². The van der Waals surface area contributed by atoms with Gasteiger partial charge in [-0.1, -0.05) is 0 Å². The first-order chi connectivity index (χ1) is 8.41. The van der Waals surface area contributed by atoms with Gasteiger partial charge in [0, 0.05) is 21.1 Å². The minimum atomic E-state index is -3.21. The average Bonchev–Trinajstić information content (AvgIpc) is 2.22. The van der Waals surface area contributed by atoms with Crippen molar-refractivity contribution >= 4 is 29.5 Å². The first-order valence-electron chi connectivity index (χ1n) is 5.58. The minimum absolute atomic E-state index is 0.192. The molecule has 0 saturated heterocycles. The molecule has 5 N–H and O–H groups in total. The van der Waals surface area contributed by atoms with Crippen molar-refractivity contribution in [2.45, 2.75) is 19.0 Å². The van der Waals surface area contributed by atoms with E-state index in [1.807, 2.05) is 5.32 Å². The third kappa shape index (κ3) is 6.25. The van der Waals surface area contributed by atoms with Crippen LogP contribution in [0.25, 0.3) is 0 Å². The van der Waals surface area contributed by atoms with Gasteiger partial charge in [-0.15, -0.1) is 0 Å². The molecule has 0 heterocycles. The summed E-state index contributed by atoms with van der Waals surface area (Å²) in [6, 6.07) is -1.42. The van der Waals surface area contributed by atoms with Gasteiger partial charge in [-0.3, -0.25) is 9.59 Å². The van der Waals surface area contributed by atoms with E-state index in [9.17, 15) is 19.5 Å². The lowest BCUT2D eigenvalue weighted by molar-refractivity contribution is -0.140. The Hall–Kier alpha value is -1.28. The molecule has 0 aromatic carbocycles. The fourth-order valence-corrected chi connectivity index (χ4v) is 1.38. The van der Waals surface area contributed by atoms with Gasteiger partial charge < -0.3 is 21.3 Å². The Morgan fingerprint density at radius 3 is 2.56 bits per heavy atom. The number of aliphatic hydroxyl groups is 1. The van der Waals surface area contributed by atoms with Crippen LogP contribution in [0.15, 0.2) is 0 Å². The standard InChI is InChI=1S/C8H14N2O5S/c1-4(11)10-5(8(14)15)2-16-3-6(12)7(9)13/h5-6,12H,2-3H2,1H3,(H2,9,13)(H,10,11)(H,14,15)/t5-,6?/m0/s1/i3D2,6D. The quantitative estimate of drug-likeness (QED) is 0.421. The Kier molecular flexibility index (Phi) is 4.38. The molecule has 0 aliphatic carbocycles. The van der Waals surface area contributed by atoms with Gasteiger partial charge in [-0.2, -0.15) is 11.8 Å². The van der Waals surface area contributed by atoms with Crippen molar-refractivity contribution in [2.24, 2.45) is 5.73 Å². The van der Waals surface area contributed by atoms with E-state index in [1.165, 1.54) is 0 Å². The fraction of sp³-hybridized carbons (Fsp3) is 0.625. The Morgan fingerprint density at radius 1 is 1.62 bits per heavy atom. The summed E-state index contributed by atoms with van der Waals surface area (Å²) in [7, 11) is 0. The smallest absolute Gasteiger partial charge is 0.327 e. The number of nitrogens with one attached hydrogen (secondary N) is 1. The van der Waals surface area contributed by atoms with Gasteiger partial charge in [0.1, 0.15) is 12.1 Å². The summed E-state index contributed by atoms with van der Waals surface area (Å²) >= 11 is 0.192. The zero-order valence-electron chi connectivity index (χ0n) is 11.4. The largest absolute Gasteiger partial charge is 0.480 e. The van der Waals surface area contributed by atoms with Gasteiger partial charge in [-0.25, -0.2) is 4.79 Å². The lowest BCUT2D eigenvalue weighted by atomic mass is 10.3. The van der Waals surface area contributed by atoms with Gasteiger partial charge >= 0.3 is 5.97 Å². The highest BCUT2D eigenvalue weighted by atomic mass is 32.2. The van der Waals surface area contributed by atoms with E-state index in [0.29, 0.717) is 0 Å². The molecular weight excluding hydrogens is 236 g/mol. The number of carbonyl (C=O) groups is 3. The van der Waals surface area contributed by atoms with E-state index >= 15 is 0 Å². The van der Waals surface area contributed by atoms with Crippen molar-refractivity contribution in [2.75, 3.05) is 11.5 Å². The molecule has 2 amide bonds. The van der Waals surface area contributed by atoms with Crippen molar-refractivity contribution in [3.63, 3.8) is 0 Å². The second-order valence-electron chi connectivity index (χ2n) is 2.72. The van der Waals surface area contributed by atoms with Crippen molar-refractivity contribution in [3.8, 4) is 0 Å². The van der Waals surface area contributed by atoms with E-state index in [1.54, 1.807) is 0 Å². The molecule has 7 nitrogen and oxygen atoms in total. The van der Waals surface area contributed by atoms with Gasteiger partial charge in [0.2, 0.25) is 11.8 Å². The lowest BCUT2D eigenvalue weighted by Crippen LogP contribution is -2.42. The highest BCUT2D eigenvalue weighted by molar-refractivity contribution is 7.99. The topological polar surface area (TPSA) is 130 Å². The van der Waals surface area contributed by atoms with Crippen LogP contribution in [-0.4, -0.2) is 51.6 Å². The number of carbonyl (C=O) groups excluding carboxylic acids is 2. The van der Waals surface area contributed by atoms with Crippen LogP contribution in [-0.2, 0) is 14.4 Å². The third-order valence-corrected chi connectivity index (χ3v) is 2.17. The van der Waals surface area contributed by atoms with Gasteiger partial charge in [-0.05, 0) is 0 Å². The van der Waals surface area contributed by atoms with E-state index in [-0.39, 0.29) is 11.8 Å². The molecule has 0 rings (SSSR count). The normalized spacial score (nSPS) is 19.5. The second-order valence-corrected chi connectivity index (χ2v) is 3.54. The Bertz CT molecular complexity index is 391. The molecule has 8 heteroatoms. The summed E-state index contributed by atoms with van der Waals surface area (Å²) < 4.78 is 21.9. The molecule has 16 heavy (non-hydrogen) atoms. The molecule has 1 unspecified atom stereocenters. The number of nitrogens with two attached hydrogens (primary N) is 1.